The molecule has 0 bridgehead atoms. The van der Waals surface area contributed by atoms with E-state index in [1.807, 2.05) is 30.3 Å². The van der Waals surface area contributed by atoms with Gasteiger partial charge < -0.3 is 14.5 Å². The fraction of sp³-hybridized carbons (Fsp3) is 0.650. The highest BCUT2D eigenvalue weighted by atomic mass is 28.4. The summed E-state index contributed by atoms with van der Waals surface area (Å²) in [7, 11) is -1.61. The van der Waals surface area contributed by atoms with Gasteiger partial charge in [-0.2, -0.15) is 0 Å². The van der Waals surface area contributed by atoms with Gasteiger partial charge in [-0.1, -0.05) is 63.9 Å². The summed E-state index contributed by atoms with van der Waals surface area (Å²) in [4.78, 5) is 11.6. The highest BCUT2D eigenvalue weighted by Crippen LogP contribution is 2.36. The molecule has 1 rings (SSSR count). The van der Waals surface area contributed by atoms with Crippen LogP contribution in [0.3, 0.4) is 0 Å². The van der Waals surface area contributed by atoms with Crippen LogP contribution in [-0.2, 0) is 15.8 Å². The number of carbonyl (C=O) groups excluding carboxylic acids is 1. The molecule has 4 nitrogen and oxygen atoms in total. The molecule has 0 radical (unpaired) electrons. The van der Waals surface area contributed by atoms with Crippen molar-refractivity contribution in [2.45, 2.75) is 71.2 Å². The molecule has 0 spiro atoms. The van der Waals surface area contributed by atoms with Gasteiger partial charge in [0.05, 0.1) is 0 Å². The zero-order chi connectivity index (χ0) is 18.8. The molecule has 0 unspecified atom stereocenters. The number of alkyl carbamates (subject to hydrolysis) is 1. The first kappa shape index (κ1) is 21.7. The van der Waals surface area contributed by atoms with Crippen LogP contribution in [0.2, 0.25) is 18.1 Å². The van der Waals surface area contributed by atoms with Crippen LogP contribution >= 0.6 is 0 Å². The van der Waals surface area contributed by atoms with Gasteiger partial charge in [0, 0.05) is 13.2 Å². The fourth-order valence-electron chi connectivity index (χ4n) is 2.09. The smallest absolute Gasteiger partial charge is 0.407 e. The SMILES string of the molecule is CC(C)(C)[Si](C)(C)OCCCCCCNC(=O)OCc1ccccc1. The summed E-state index contributed by atoms with van der Waals surface area (Å²) >= 11 is 0. The lowest BCUT2D eigenvalue weighted by Crippen LogP contribution is -2.40. The molecule has 1 aromatic carbocycles. The molecule has 0 aromatic heterocycles. The average molecular weight is 366 g/mol. The standard InChI is InChI=1S/C20H35NO3Si/c1-20(2,3)25(4,5)24-16-12-7-6-11-15-21-19(22)23-17-18-13-9-8-10-14-18/h8-10,13-14H,6-7,11-12,15-17H2,1-5H3,(H,21,22). The summed E-state index contributed by atoms with van der Waals surface area (Å²) in [5, 5.41) is 3.08. The molecule has 0 aliphatic carbocycles. The van der Waals surface area contributed by atoms with Crippen molar-refractivity contribution < 1.29 is 14.0 Å². The van der Waals surface area contributed by atoms with Crippen molar-refractivity contribution >= 4 is 14.4 Å². The number of rotatable bonds is 10. The van der Waals surface area contributed by atoms with Crippen molar-refractivity contribution in [3.63, 3.8) is 0 Å². The second-order valence-corrected chi connectivity index (χ2v) is 12.8. The van der Waals surface area contributed by atoms with Gasteiger partial charge in [0.2, 0.25) is 0 Å². The van der Waals surface area contributed by atoms with E-state index in [1.54, 1.807) is 0 Å². The number of hydrogen-bond donors (Lipinski definition) is 1. The van der Waals surface area contributed by atoms with Crippen LogP contribution in [0, 0.1) is 0 Å². The number of ether oxygens (including phenoxy) is 1. The molecule has 142 valence electrons. The minimum absolute atomic E-state index is 0.275. The molecule has 0 saturated carbocycles. The first-order chi connectivity index (χ1) is 11.7. The Morgan fingerprint density at radius 1 is 1.04 bits per heavy atom. The van der Waals surface area contributed by atoms with E-state index in [2.05, 4.69) is 39.2 Å². The predicted molar refractivity (Wildman–Crippen MR) is 106 cm³/mol. The zero-order valence-corrected chi connectivity index (χ0v) is 17.6. The van der Waals surface area contributed by atoms with Crippen molar-refractivity contribution in [1.29, 1.82) is 0 Å². The molecule has 1 aromatic rings. The van der Waals surface area contributed by atoms with Crippen LogP contribution in [0.15, 0.2) is 30.3 Å². The molecular weight excluding hydrogens is 330 g/mol. The van der Waals surface area contributed by atoms with E-state index >= 15 is 0 Å². The minimum atomic E-state index is -1.61. The van der Waals surface area contributed by atoms with Gasteiger partial charge in [-0.25, -0.2) is 4.79 Å². The van der Waals surface area contributed by atoms with Crippen LogP contribution in [0.25, 0.3) is 0 Å². The van der Waals surface area contributed by atoms with E-state index in [1.165, 1.54) is 0 Å². The molecule has 5 heteroatoms. The van der Waals surface area contributed by atoms with Crippen LogP contribution in [0.4, 0.5) is 4.79 Å². The Labute approximate surface area is 154 Å². The van der Waals surface area contributed by atoms with Crippen molar-refractivity contribution in [3.05, 3.63) is 35.9 Å². The summed E-state index contributed by atoms with van der Waals surface area (Å²) in [6.07, 6.45) is 3.95. The third-order valence-corrected chi connectivity index (χ3v) is 9.36. The van der Waals surface area contributed by atoms with Crippen molar-refractivity contribution in [2.24, 2.45) is 0 Å². The topological polar surface area (TPSA) is 47.6 Å². The van der Waals surface area contributed by atoms with Crippen LogP contribution in [0.5, 0.6) is 0 Å². The van der Waals surface area contributed by atoms with Gasteiger partial charge in [0.15, 0.2) is 8.32 Å². The Kier molecular flexibility index (Phi) is 9.21. The Bertz CT molecular complexity index is 497. The van der Waals surface area contributed by atoms with Gasteiger partial charge in [-0.05, 0) is 36.5 Å². The van der Waals surface area contributed by atoms with Crippen LogP contribution < -0.4 is 5.32 Å². The third kappa shape index (κ3) is 9.07. The summed E-state index contributed by atoms with van der Waals surface area (Å²) < 4.78 is 11.3. The van der Waals surface area contributed by atoms with E-state index < -0.39 is 8.32 Å². The molecule has 0 atom stereocenters. The quantitative estimate of drug-likeness (QED) is 0.440. The van der Waals surface area contributed by atoms with E-state index in [-0.39, 0.29) is 11.1 Å². The monoisotopic (exact) mass is 365 g/mol. The maximum absolute atomic E-state index is 11.6. The Morgan fingerprint density at radius 3 is 2.32 bits per heavy atom. The van der Waals surface area contributed by atoms with Gasteiger partial charge in [0.25, 0.3) is 0 Å². The van der Waals surface area contributed by atoms with Gasteiger partial charge in [-0.15, -0.1) is 0 Å². The van der Waals surface area contributed by atoms with Gasteiger partial charge >= 0.3 is 6.09 Å². The lowest BCUT2D eigenvalue weighted by molar-refractivity contribution is 0.139. The second-order valence-electron chi connectivity index (χ2n) is 8.01. The van der Waals surface area contributed by atoms with E-state index in [4.69, 9.17) is 9.16 Å². The van der Waals surface area contributed by atoms with Crippen molar-refractivity contribution in [3.8, 4) is 0 Å². The van der Waals surface area contributed by atoms with Gasteiger partial charge in [0.1, 0.15) is 6.61 Å². The van der Waals surface area contributed by atoms with E-state index in [0.29, 0.717) is 13.2 Å². The summed E-state index contributed by atoms with van der Waals surface area (Å²) in [6, 6.07) is 9.70. The number of benzene rings is 1. The molecule has 0 saturated heterocycles. The second kappa shape index (κ2) is 10.6. The lowest BCUT2D eigenvalue weighted by Gasteiger charge is -2.36. The van der Waals surface area contributed by atoms with Crippen LogP contribution in [-0.4, -0.2) is 27.6 Å². The molecule has 0 heterocycles. The number of nitrogens with one attached hydrogen (secondary N) is 1. The van der Waals surface area contributed by atoms with E-state index in [9.17, 15) is 4.79 Å². The Morgan fingerprint density at radius 2 is 1.68 bits per heavy atom. The minimum Gasteiger partial charge on any atom is -0.445 e. The molecule has 0 aliphatic heterocycles. The third-order valence-electron chi connectivity index (χ3n) is 4.82. The first-order valence-electron chi connectivity index (χ1n) is 9.31. The van der Waals surface area contributed by atoms with Gasteiger partial charge in [-0.3, -0.25) is 0 Å². The maximum Gasteiger partial charge on any atom is 0.407 e. The predicted octanol–water partition coefficient (Wildman–Crippen LogP) is 5.50. The highest BCUT2D eigenvalue weighted by molar-refractivity contribution is 6.74. The van der Waals surface area contributed by atoms with E-state index in [0.717, 1.165) is 37.9 Å². The lowest BCUT2D eigenvalue weighted by atomic mass is 10.2. The van der Waals surface area contributed by atoms with Crippen LogP contribution in [0.1, 0.15) is 52.0 Å². The number of unbranched alkanes of at least 4 members (excludes halogenated alkanes) is 3. The molecule has 1 N–H and O–H groups in total. The zero-order valence-electron chi connectivity index (χ0n) is 16.6. The average Bonchev–Trinajstić information content (AvgIpc) is 2.55. The van der Waals surface area contributed by atoms with Crippen molar-refractivity contribution in [2.75, 3.05) is 13.2 Å². The highest BCUT2D eigenvalue weighted by Gasteiger charge is 2.36. The fourth-order valence-corrected chi connectivity index (χ4v) is 3.18. The summed E-state index contributed by atoms with van der Waals surface area (Å²) in [5.74, 6) is 0. The number of carbonyl (C=O) groups is 1. The largest absolute Gasteiger partial charge is 0.445 e. The normalized spacial score (nSPS) is 12.0. The molecule has 1 amide bonds. The summed E-state index contributed by atoms with van der Waals surface area (Å²) in [5.41, 5.74) is 0.999. The summed E-state index contributed by atoms with van der Waals surface area (Å²) in [6.45, 7) is 13.2. The Balaban J connectivity index is 1.99. The number of amides is 1. The first-order valence-corrected chi connectivity index (χ1v) is 12.2. The molecule has 25 heavy (non-hydrogen) atoms. The molecule has 0 fully saturated rings. The molecular formula is C20H35NO3Si. The van der Waals surface area contributed by atoms with Crippen molar-refractivity contribution in [1.82, 2.24) is 5.32 Å². The molecule has 0 aliphatic rings. The number of hydrogen-bond acceptors (Lipinski definition) is 3. The maximum atomic E-state index is 11.6. The Hall–Kier alpha value is -1.33.